The first kappa shape index (κ1) is 19.9. The zero-order chi connectivity index (χ0) is 18.9. The molecule has 5 heteroatoms. The normalized spacial score (nSPS) is 18.1. The molecule has 1 aromatic rings. The van der Waals surface area contributed by atoms with Crippen molar-refractivity contribution < 1.29 is 9.59 Å². The van der Waals surface area contributed by atoms with E-state index in [1.807, 2.05) is 4.90 Å². The molecular formula is C22H33N3O2. The molecule has 1 saturated carbocycles. The molecule has 1 aromatic carbocycles. The van der Waals surface area contributed by atoms with Crippen LogP contribution in [-0.4, -0.2) is 60.9 Å². The van der Waals surface area contributed by atoms with Crippen molar-refractivity contribution in [2.45, 2.75) is 44.9 Å². The summed E-state index contributed by atoms with van der Waals surface area (Å²) in [6, 6.07) is 10.6. The van der Waals surface area contributed by atoms with Crippen molar-refractivity contribution in [3.8, 4) is 0 Å². The van der Waals surface area contributed by atoms with Crippen molar-refractivity contribution in [2.24, 2.45) is 5.92 Å². The summed E-state index contributed by atoms with van der Waals surface area (Å²) in [7, 11) is 0. The zero-order valence-corrected chi connectivity index (χ0v) is 16.4. The van der Waals surface area contributed by atoms with E-state index >= 15 is 0 Å². The lowest BCUT2D eigenvalue weighted by molar-refractivity contribution is -0.131. The number of carbonyl (C=O) groups excluding carboxylic acids is 2. The van der Waals surface area contributed by atoms with E-state index in [0.717, 1.165) is 64.8 Å². The number of rotatable bonds is 9. The van der Waals surface area contributed by atoms with Gasteiger partial charge in [-0.3, -0.25) is 9.59 Å². The highest BCUT2D eigenvalue weighted by atomic mass is 16.2. The summed E-state index contributed by atoms with van der Waals surface area (Å²) in [5, 5.41) is 2.94. The number of nitrogens with one attached hydrogen (secondary N) is 1. The van der Waals surface area contributed by atoms with E-state index in [4.69, 9.17) is 0 Å². The van der Waals surface area contributed by atoms with Crippen LogP contribution in [0.5, 0.6) is 0 Å². The molecule has 0 atom stereocenters. The largest absolute Gasteiger partial charge is 0.356 e. The lowest BCUT2D eigenvalue weighted by atomic mass is 10.1. The number of benzene rings is 1. The number of nitrogens with zero attached hydrogens (tertiary/aromatic N) is 2. The molecule has 148 valence electrons. The first-order chi connectivity index (χ1) is 13.2. The van der Waals surface area contributed by atoms with E-state index in [0.29, 0.717) is 13.0 Å². The predicted octanol–water partition coefficient (Wildman–Crippen LogP) is 2.46. The zero-order valence-electron chi connectivity index (χ0n) is 16.4. The van der Waals surface area contributed by atoms with Gasteiger partial charge in [-0.25, -0.2) is 0 Å². The highest BCUT2D eigenvalue weighted by Crippen LogP contribution is 2.28. The van der Waals surface area contributed by atoms with E-state index in [1.165, 1.54) is 12.0 Å². The van der Waals surface area contributed by atoms with Gasteiger partial charge in [0.05, 0.1) is 0 Å². The van der Waals surface area contributed by atoms with E-state index in [-0.39, 0.29) is 17.7 Å². The Morgan fingerprint density at radius 2 is 1.81 bits per heavy atom. The summed E-state index contributed by atoms with van der Waals surface area (Å²) in [6.07, 6.45) is 6.68. The Hall–Kier alpha value is -1.88. The average molecular weight is 372 g/mol. The molecule has 1 N–H and O–H groups in total. The van der Waals surface area contributed by atoms with Crippen molar-refractivity contribution in [2.75, 3.05) is 39.3 Å². The molecule has 1 heterocycles. The number of carbonyl (C=O) groups is 2. The number of hydrogen-bond acceptors (Lipinski definition) is 3. The van der Waals surface area contributed by atoms with E-state index in [9.17, 15) is 9.59 Å². The Kier molecular flexibility index (Phi) is 7.69. The molecule has 2 amide bonds. The van der Waals surface area contributed by atoms with Crippen molar-refractivity contribution in [1.82, 2.24) is 15.1 Å². The summed E-state index contributed by atoms with van der Waals surface area (Å²) in [4.78, 5) is 28.5. The van der Waals surface area contributed by atoms with Crippen LogP contribution < -0.4 is 5.32 Å². The van der Waals surface area contributed by atoms with Crippen LogP contribution >= 0.6 is 0 Å². The van der Waals surface area contributed by atoms with Gasteiger partial charge in [-0.1, -0.05) is 30.3 Å². The second kappa shape index (κ2) is 10.5. The SMILES string of the molecule is O=C(NCCCC(=O)N1CCCN(CCCc2ccccc2)CC1)C1CC1. The maximum atomic E-state index is 12.4. The van der Waals surface area contributed by atoms with Crippen LogP contribution in [-0.2, 0) is 16.0 Å². The fourth-order valence-electron chi connectivity index (χ4n) is 3.69. The molecule has 2 aliphatic rings. The van der Waals surface area contributed by atoms with Crippen LogP contribution in [0.1, 0.15) is 44.1 Å². The van der Waals surface area contributed by atoms with Gasteiger partial charge in [0.2, 0.25) is 11.8 Å². The Labute approximate surface area is 163 Å². The van der Waals surface area contributed by atoms with Gasteiger partial charge in [0.1, 0.15) is 0 Å². The number of hydrogen-bond donors (Lipinski definition) is 1. The molecule has 0 spiro atoms. The van der Waals surface area contributed by atoms with Crippen LogP contribution in [0, 0.1) is 5.92 Å². The molecule has 2 fully saturated rings. The lowest BCUT2D eigenvalue weighted by Crippen LogP contribution is -2.36. The minimum Gasteiger partial charge on any atom is -0.356 e. The van der Waals surface area contributed by atoms with Crippen LogP contribution in [0.2, 0.25) is 0 Å². The van der Waals surface area contributed by atoms with Gasteiger partial charge < -0.3 is 15.1 Å². The molecule has 1 aliphatic carbocycles. The fraction of sp³-hybridized carbons (Fsp3) is 0.636. The molecule has 3 rings (SSSR count). The third-order valence-corrected chi connectivity index (χ3v) is 5.54. The van der Waals surface area contributed by atoms with Crippen molar-refractivity contribution in [1.29, 1.82) is 0 Å². The molecule has 0 radical (unpaired) electrons. The molecule has 1 aliphatic heterocycles. The fourth-order valence-corrected chi connectivity index (χ4v) is 3.69. The topological polar surface area (TPSA) is 52.7 Å². The van der Waals surface area contributed by atoms with Gasteiger partial charge in [0.15, 0.2) is 0 Å². The minimum absolute atomic E-state index is 0.170. The molecule has 5 nitrogen and oxygen atoms in total. The second-order valence-corrected chi connectivity index (χ2v) is 7.83. The summed E-state index contributed by atoms with van der Waals surface area (Å²) >= 11 is 0. The van der Waals surface area contributed by atoms with E-state index < -0.39 is 0 Å². The molecule has 0 unspecified atom stereocenters. The number of aryl methyl sites for hydroxylation is 1. The van der Waals surface area contributed by atoms with Gasteiger partial charge in [-0.05, 0) is 57.2 Å². The Bertz CT molecular complexity index is 601. The maximum Gasteiger partial charge on any atom is 0.223 e. The third-order valence-electron chi connectivity index (χ3n) is 5.54. The van der Waals surface area contributed by atoms with E-state index in [1.54, 1.807) is 0 Å². The van der Waals surface area contributed by atoms with Gasteiger partial charge in [0, 0.05) is 38.5 Å². The maximum absolute atomic E-state index is 12.4. The summed E-state index contributed by atoms with van der Waals surface area (Å²) in [5.74, 6) is 0.657. The predicted molar refractivity (Wildman–Crippen MR) is 107 cm³/mol. The van der Waals surface area contributed by atoms with Crippen LogP contribution in [0.3, 0.4) is 0 Å². The van der Waals surface area contributed by atoms with Crippen molar-refractivity contribution in [3.63, 3.8) is 0 Å². The minimum atomic E-state index is 0.170. The average Bonchev–Trinajstić information content (AvgIpc) is 3.53. The van der Waals surface area contributed by atoms with Crippen LogP contribution in [0.15, 0.2) is 30.3 Å². The quantitative estimate of drug-likeness (QED) is 0.679. The van der Waals surface area contributed by atoms with Crippen molar-refractivity contribution >= 4 is 11.8 Å². The highest BCUT2D eigenvalue weighted by Gasteiger charge is 2.29. The molecule has 0 aromatic heterocycles. The summed E-state index contributed by atoms with van der Waals surface area (Å²) < 4.78 is 0. The molecule has 0 bridgehead atoms. The number of amides is 2. The Balaban J connectivity index is 1.29. The van der Waals surface area contributed by atoms with Crippen LogP contribution in [0.4, 0.5) is 0 Å². The Morgan fingerprint density at radius 1 is 1.00 bits per heavy atom. The molecule has 27 heavy (non-hydrogen) atoms. The third kappa shape index (κ3) is 6.98. The molecule has 1 saturated heterocycles. The first-order valence-electron chi connectivity index (χ1n) is 10.5. The standard InChI is InChI=1S/C22H33N3O2/c26-21(10-4-13-23-22(27)20-11-12-20)25-16-6-15-24(17-18-25)14-5-9-19-7-2-1-3-8-19/h1-3,7-8,20H,4-6,9-18H2,(H,23,27). The van der Waals surface area contributed by atoms with Gasteiger partial charge in [-0.2, -0.15) is 0 Å². The highest BCUT2D eigenvalue weighted by molar-refractivity contribution is 5.81. The van der Waals surface area contributed by atoms with Gasteiger partial charge in [0.25, 0.3) is 0 Å². The second-order valence-electron chi connectivity index (χ2n) is 7.83. The van der Waals surface area contributed by atoms with E-state index in [2.05, 4.69) is 40.5 Å². The molecular weight excluding hydrogens is 338 g/mol. The summed E-state index contributed by atoms with van der Waals surface area (Å²) in [6.45, 7) is 5.47. The van der Waals surface area contributed by atoms with Crippen LogP contribution in [0.25, 0.3) is 0 Å². The smallest absolute Gasteiger partial charge is 0.223 e. The lowest BCUT2D eigenvalue weighted by Gasteiger charge is -2.22. The van der Waals surface area contributed by atoms with Gasteiger partial charge in [-0.15, -0.1) is 0 Å². The Morgan fingerprint density at radius 3 is 2.59 bits per heavy atom. The first-order valence-corrected chi connectivity index (χ1v) is 10.5. The summed E-state index contributed by atoms with van der Waals surface area (Å²) in [5.41, 5.74) is 1.40. The van der Waals surface area contributed by atoms with Crippen molar-refractivity contribution in [3.05, 3.63) is 35.9 Å². The van der Waals surface area contributed by atoms with Gasteiger partial charge >= 0.3 is 0 Å². The monoisotopic (exact) mass is 371 g/mol.